The summed E-state index contributed by atoms with van der Waals surface area (Å²) in [6.07, 6.45) is 1.24. The molecule has 0 amide bonds. The van der Waals surface area contributed by atoms with E-state index in [0.717, 1.165) is 11.0 Å². The van der Waals surface area contributed by atoms with E-state index in [-0.39, 0.29) is 24.0 Å². The molecule has 3 heteroatoms. The number of hydrogen-bond donors (Lipinski definition) is 0. The van der Waals surface area contributed by atoms with Crippen molar-refractivity contribution in [2.24, 2.45) is 0 Å². The van der Waals surface area contributed by atoms with Crippen molar-refractivity contribution < 1.29 is 28.5 Å². The van der Waals surface area contributed by atoms with E-state index in [1.165, 1.54) is 22.6 Å². The maximum Gasteiger partial charge on any atom is 0.104 e. The molecular weight excluding hydrogens is 329 g/mol. The van der Waals surface area contributed by atoms with Crippen molar-refractivity contribution in [3.8, 4) is 0 Å². The Morgan fingerprint density at radius 1 is 1.19 bits per heavy atom. The van der Waals surface area contributed by atoms with Crippen LogP contribution < -0.4 is 24.0 Å². The van der Waals surface area contributed by atoms with Crippen LogP contribution in [-0.4, -0.2) is 31.4 Å². The van der Waals surface area contributed by atoms with Crippen molar-refractivity contribution in [2.45, 2.75) is 24.8 Å². The Hall–Kier alpha value is 0.260. The summed E-state index contributed by atoms with van der Waals surface area (Å²) in [5.41, 5.74) is 1.43. The molecule has 0 atom stereocenters. The molecule has 1 rings (SSSR count). The number of nitrogens with zero attached hydrogens (tertiary/aromatic N) is 1. The third-order valence-corrected chi connectivity index (χ3v) is 3.23. The van der Waals surface area contributed by atoms with Crippen LogP contribution in [-0.2, 0) is 6.54 Å². The highest BCUT2D eigenvalue weighted by molar-refractivity contribution is 7.99. The van der Waals surface area contributed by atoms with Gasteiger partial charge in [0.05, 0.1) is 21.1 Å². The highest BCUT2D eigenvalue weighted by Gasteiger charge is 2.08. The smallest absolute Gasteiger partial charge is 0.104 e. The van der Waals surface area contributed by atoms with Crippen molar-refractivity contribution in [1.29, 1.82) is 0 Å². The zero-order chi connectivity index (χ0) is 11.3. The summed E-state index contributed by atoms with van der Waals surface area (Å²) in [7, 11) is 6.68. The van der Waals surface area contributed by atoms with E-state index < -0.39 is 0 Å². The number of quaternary nitrogens is 1. The lowest BCUT2D eigenvalue weighted by Crippen LogP contribution is -3.00. The average Bonchev–Trinajstić information content (AvgIpc) is 2.12. The minimum Gasteiger partial charge on any atom is -1.00 e. The molecule has 0 aromatic heterocycles. The van der Waals surface area contributed by atoms with Gasteiger partial charge in [0.2, 0.25) is 0 Å². The van der Waals surface area contributed by atoms with Crippen molar-refractivity contribution in [3.05, 3.63) is 29.8 Å². The summed E-state index contributed by atoms with van der Waals surface area (Å²) in [5, 5.41) is 0. The maximum atomic E-state index is 2.32. The number of rotatable bonds is 5. The first-order valence-electron chi connectivity index (χ1n) is 5.53. The van der Waals surface area contributed by atoms with Crippen LogP contribution in [0.3, 0.4) is 0 Å². The Bertz CT molecular complexity index is 307. The van der Waals surface area contributed by atoms with E-state index in [9.17, 15) is 0 Å². The first-order valence-corrected chi connectivity index (χ1v) is 6.52. The molecule has 0 unspecified atom stereocenters. The van der Waals surface area contributed by atoms with E-state index >= 15 is 0 Å². The summed E-state index contributed by atoms with van der Waals surface area (Å²) in [4.78, 5) is 1.41. The summed E-state index contributed by atoms with van der Waals surface area (Å²) in [5.74, 6) is 1.22. The van der Waals surface area contributed by atoms with Gasteiger partial charge in [0.25, 0.3) is 0 Å². The number of hydrogen-bond acceptors (Lipinski definition) is 1. The van der Waals surface area contributed by atoms with Gasteiger partial charge in [0.1, 0.15) is 6.54 Å². The molecule has 0 radical (unpaired) electrons. The zero-order valence-electron chi connectivity index (χ0n) is 10.7. The molecule has 0 saturated heterocycles. The van der Waals surface area contributed by atoms with Crippen LogP contribution in [0.2, 0.25) is 0 Å². The fraction of sp³-hybridized carbons (Fsp3) is 0.538. The lowest BCUT2D eigenvalue weighted by atomic mass is 10.2. The lowest BCUT2D eigenvalue weighted by molar-refractivity contribution is -0.884. The fourth-order valence-electron chi connectivity index (χ4n) is 1.50. The molecule has 16 heavy (non-hydrogen) atoms. The third-order valence-electron chi connectivity index (χ3n) is 2.03. The largest absolute Gasteiger partial charge is 1.00 e. The summed E-state index contributed by atoms with van der Waals surface area (Å²) in [6, 6.07) is 8.92. The minimum absolute atomic E-state index is 0. The molecule has 0 heterocycles. The summed E-state index contributed by atoms with van der Waals surface area (Å²) >= 11 is 1.95. The normalized spacial score (nSPS) is 11.0. The second-order valence-corrected chi connectivity index (χ2v) is 6.11. The van der Waals surface area contributed by atoms with Gasteiger partial charge in [-0.05, 0) is 24.3 Å². The predicted molar refractivity (Wildman–Crippen MR) is 69.2 cm³/mol. The Morgan fingerprint density at radius 2 is 1.88 bits per heavy atom. The standard InChI is InChI=1S/C13H22NS.HI/c1-5-9-15-13-8-6-7-12(10-13)11-14(2,3)4;/h6-8,10H,5,9,11H2,1-4H3;1H/q+1;/p-1. The number of thioether (sulfide) groups is 1. The van der Waals surface area contributed by atoms with Crippen LogP contribution in [0.4, 0.5) is 0 Å². The second-order valence-electron chi connectivity index (χ2n) is 4.94. The van der Waals surface area contributed by atoms with Crippen molar-refractivity contribution >= 4 is 11.8 Å². The first kappa shape index (κ1) is 16.3. The van der Waals surface area contributed by atoms with Crippen LogP contribution in [0.25, 0.3) is 0 Å². The molecule has 1 nitrogen and oxygen atoms in total. The predicted octanol–water partition coefficient (Wildman–Crippen LogP) is 0.399. The topological polar surface area (TPSA) is 0 Å². The molecule has 0 spiro atoms. The van der Waals surface area contributed by atoms with Crippen molar-refractivity contribution in [1.82, 2.24) is 0 Å². The van der Waals surface area contributed by atoms with Crippen LogP contribution in [0.5, 0.6) is 0 Å². The molecule has 0 aliphatic heterocycles. The SMILES string of the molecule is CCCSc1cccc(C[N+](C)(C)C)c1.[I-]. The Morgan fingerprint density at radius 3 is 2.44 bits per heavy atom. The molecule has 0 bridgehead atoms. The second kappa shape index (κ2) is 7.56. The molecule has 92 valence electrons. The number of benzene rings is 1. The van der Waals surface area contributed by atoms with E-state index in [1.54, 1.807) is 0 Å². The van der Waals surface area contributed by atoms with E-state index in [1.807, 2.05) is 11.8 Å². The van der Waals surface area contributed by atoms with Gasteiger partial charge in [0, 0.05) is 10.5 Å². The monoisotopic (exact) mass is 351 g/mol. The van der Waals surface area contributed by atoms with E-state index in [0.29, 0.717) is 0 Å². The van der Waals surface area contributed by atoms with E-state index in [4.69, 9.17) is 0 Å². The van der Waals surface area contributed by atoms with Crippen LogP contribution >= 0.6 is 11.8 Å². The van der Waals surface area contributed by atoms with Gasteiger partial charge in [-0.15, -0.1) is 11.8 Å². The maximum absolute atomic E-state index is 2.32. The quantitative estimate of drug-likeness (QED) is 0.421. The molecule has 0 N–H and O–H groups in total. The number of halogens is 1. The van der Waals surface area contributed by atoms with Gasteiger partial charge in [-0.25, -0.2) is 0 Å². The van der Waals surface area contributed by atoms with Crippen LogP contribution in [0.1, 0.15) is 18.9 Å². The molecule has 1 aromatic carbocycles. The first-order chi connectivity index (χ1) is 7.01. The van der Waals surface area contributed by atoms with Gasteiger partial charge < -0.3 is 28.5 Å². The van der Waals surface area contributed by atoms with Gasteiger partial charge in [-0.3, -0.25) is 0 Å². The molecule has 0 aliphatic carbocycles. The molecule has 1 aromatic rings. The molecule has 0 fully saturated rings. The van der Waals surface area contributed by atoms with Crippen molar-refractivity contribution in [2.75, 3.05) is 26.9 Å². The van der Waals surface area contributed by atoms with Gasteiger partial charge >= 0.3 is 0 Å². The van der Waals surface area contributed by atoms with Gasteiger partial charge in [0.15, 0.2) is 0 Å². The lowest BCUT2D eigenvalue weighted by Gasteiger charge is -2.24. The van der Waals surface area contributed by atoms with Crippen LogP contribution in [0, 0.1) is 0 Å². The Kier molecular flexibility index (Phi) is 7.68. The van der Waals surface area contributed by atoms with Crippen molar-refractivity contribution in [3.63, 3.8) is 0 Å². The van der Waals surface area contributed by atoms with Crippen LogP contribution in [0.15, 0.2) is 29.2 Å². The van der Waals surface area contributed by atoms with E-state index in [2.05, 4.69) is 52.3 Å². The summed E-state index contributed by atoms with van der Waals surface area (Å²) in [6.45, 7) is 3.32. The third kappa shape index (κ3) is 6.76. The van der Waals surface area contributed by atoms with Gasteiger partial charge in [-0.2, -0.15) is 0 Å². The highest BCUT2D eigenvalue weighted by Crippen LogP contribution is 2.20. The molecule has 0 saturated carbocycles. The zero-order valence-corrected chi connectivity index (χ0v) is 13.6. The van der Waals surface area contributed by atoms with Gasteiger partial charge in [-0.1, -0.05) is 19.1 Å². The Balaban J connectivity index is 0.00000225. The average molecular weight is 351 g/mol. The molecule has 0 aliphatic rings. The molecular formula is C13H22INS. The summed E-state index contributed by atoms with van der Waals surface area (Å²) < 4.78 is 0.988. The fourth-order valence-corrected chi connectivity index (χ4v) is 2.35. The minimum atomic E-state index is 0. The Labute approximate surface area is 121 Å². The highest BCUT2D eigenvalue weighted by atomic mass is 127.